The third-order valence-electron chi connectivity index (χ3n) is 2.35. The molecule has 0 saturated heterocycles. The van der Waals surface area contributed by atoms with Gasteiger partial charge in [0.2, 0.25) is 0 Å². The molecule has 0 aliphatic carbocycles. The predicted octanol–water partition coefficient (Wildman–Crippen LogP) is 4.67. The van der Waals surface area contributed by atoms with E-state index in [9.17, 15) is 8.78 Å². The van der Waals surface area contributed by atoms with E-state index >= 15 is 0 Å². The molecule has 0 aliphatic heterocycles. The van der Waals surface area contributed by atoms with Gasteiger partial charge in [-0.25, -0.2) is 8.78 Å². The van der Waals surface area contributed by atoms with Crippen molar-refractivity contribution in [3.8, 4) is 0 Å². The average molecular weight is 364 g/mol. The Hall–Kier alpha value is -0.430. The second kappa shape index (κ2) is 7.38. The number of hydrogen-bond donors (Lipinski definition) is 1. The lowest BCUT2D eigenvalue weighted by Crippen LogP contribution is -2.15. The summed E-state index contributed by atoms with van der Waals surface area (Å²) in [6.07, 6.45) is 0. The van der Waals surface area contributed by atoms with Crippen LogP contribution in [0.15, 0.2) is 39.0 Å². The zero-order chi connectivity index (χ0) is 13.7. The number of thioether (sulfide) groups is 1. The summed E-state index contributed by atoms with van der Waals surface area (Å²) in [6, 6.07) is 5.75. The van der Waals surface area contributed by atoms with E-state index in [4.69, 9.17) is 0 Å². The summed E-state index contributed by atoms with van der Waals surface area (Å²) in [5.74, 6) is -0.287. The lowest BCUT2D eigenvalue weighted by molar-refractivity contribution is 0.565. The van der Waals surface area contributed by atoms with Crippen LogP contribution in [-0.4, -0.2) is 12.3 Å². The smallest absolute Gasteiger partial charge is 0.139 e. The van der Waals surface area contributed by atoms with E-state index < -0.39 is 11.6 Å². The predicted molar refractivity (Wildman–Crippen MR) is 80.8 cm³/mol. The van der Waals surface area contributed by atoms with Gasteiger partial charge < -0.3 is 5.32 Å². The Morgan fingerprint density at radius 2 is 2.11 bits per heavy atom. The number of rotatable bonds is 6. The molecule has 1 heterocycles. The largest absolute Gasteiger partial charge is 0.311 e. The van der Waals surface area contributed by atoms with Crippen molar-refractivity contribution in [1.82, 2.24) is 5.32 Å². The van der Waals surface area contributed by atoms with Crippen molar-refractivity contribution >= 4 is 39.0 Å². The van der Waals surface area contributed by atoms with Gasteiger partial charge in [0.25, 0.3) is 0 Å². The third-order valence-corrected chi connectivity index (χ3v) is 5.10. The van der Waals surface area contributed by atoms with E-state index in [0.717, 1.165) is 29.4 Å². The minimum absolute atomic E-state index is 0.488. The van der Waals surface area contributed by atoms with Crippen molar-refractivity contribution < 1.29 is 8.78 Å². The first-order valence-electron chi connectivity index (χ1n) is 5.66. The first-order chi connectivity index (χ1) is 9.15. The molecule has 0 unspecified atom stereocenters. The summed E-state index contributed by atoms with van der Waals surface area (Å²) < 4.78 is 27.2. The molecule has 0 amide bonds. The molecule has 0 fully saturated rings. The average Bonchev–Trinajstić information content (AvgIpc) is 2.77. The van der Waals surface area contributed by atoms with E-state index in [1.165, 1.54) is 28.8 Å². The maximum Gasteiger partial charge on any atom is 0.139 e. The molecule has 102 valence electrons. The quantitative estimate of drug-likeness (QED) is 0.591. The third kappa shape index (κ3) is 4.87. The maximum atomic E-state index is 13.3. The van der Waals surface area contributed by atoms with Crippen molar-refractivity contribution in [2.75, 3.05) is 12.3 Å². The Bertz CT molecular complexity index is 545. The molecule has 1 N–H and O–H groups in total. The van der Waals surface area contributed by atoms with Gasteiger partial charge >= 0.3 is 0 Å². The Labute approximate surface area is 127 Å². The Kier molecular flexibility index (Phi) is 5.81. The molecule has 0 aliphatic rings. The van der Waals surface area contributed by atoms with Crippen LogP contribution in [0.2, 0.25) is 0 Å². The summed E-state index contributed by atoms with van der Waals surface area (Å²) >= 11 is 6.48. The highest BCUT2D eigenvalue weighted by molar-refractivity contribution is 9.10. The van der Waals surface area contributed by atoms with Crippen LogP contribution in [0.5, 0.6) is 0 Å². The number of benzene rings is 1. The van der Waals surface area contributed by atoms with Crippen molar-refractivity contribution in [1.29, 1.82) is 0 Å². The number of hydrogen-bond acceptors (Lipinski definition) is 3. The van der Waals surface area contributed by atoms with Crippen molar-refractivity contribution in [2.24, 2.45) is 0 Å². The van der Waals surface area contributed by atoms with Crippen molar-refractivity contribution in [3.63, 3.8) is 0 Å². The highest BCUT2D eigenvalue weighted by Crippen LogP contribution is 2.22. The minimum atomic E-state index is -0.539. The van der Waals surface area contributed by atoms with Crippen LogP contribution >= 0.6 is 39.0 Å². The van der Waals surface area contributed by atoms with Gasteiger partial charge in [0.1, 0.15) is 11.6 Å². The summed E-state index contributed by atoms with van der Waals surface area (Å²) in [4.78, 5) is 1.74. The van der Waals surface area contributed by atoms with E-state index in [0.29, 0.717) is 4.90 Å². The number of thiophene rings is 1. The van der Waals surface area contributed by atoms with E-state index in [2.05, 4.69) is 27.3 Å². The molecule has 1 aromatic carbocycles. The summed E-state index contributed by atoms with van der Waals surface area (Å²) in [6.45, 7) is 1.58. The SMILES string of the molecule is Fc1ccc(SCCNCc2cc(Br)cs2)c(F)c1. The van der Waals surface area contributed by atoms with Crippen LogP contribution in [0, 0.1) is 11.6 Å². The molecule has 1 aromatic heterocycles. The molecule has 0 saturated carbocycles. The van der Waals surface area contributed by atoms with Gasteiger partial charge in [-0.3, -0.25) is 0 Å². The maximum absolute atomic E-state index is 13.3. The monoisotopic (exact) mass is 363 g/mol. The molecular formula is C13H12BrF2NS2. The molecule has 0 spiro atoms. The summed E-state index contributed by atoms with van der Waals surface area (Å²) in [7, 11) is 0. The van der Waals surface area contributed by atoms with Crippen molar-refractivity contribution in [2.45, 2.75) is 11.4 Å². The molecule has 0 atom stereocenters. The van der Waals surface area contributed by atoms with E-state index in [1.807, 2.05) is 5.38 Å². The number of nitrogens with one attached hydrogen (secondary N) is 1. The topological polar surface area (TPSA) is 12.0 Å². The van der Waals surface area contributed by atoms with Crippen LogP contribution in [-0.2, 0) is 6.54 Å². The van der Waals surface area contributed by atoms with Gasteiger partial charge in [-0.05, 0) is 34.1 Å². The first-order valence-corrected chi connectivity index (χ1v) is 8.32. The molecular weight excluding hydrogens is 352 g/mol. The summed E-state index contributed by atoms with van der Waals surface area (Å²) in [5.41, 5.74) is 0. The van der Waals surface area contributed by atoms with Crippen LogP contribution in [0.3, 0.4) is 0 Å². The van der Waals surface area contributed by atoms with Gasteiger partial charge in [0, 0.05) is 44.5 Å². The highest BCUT2D eigenvalue weighted by atomic mass is 79.9. The lowest BCUT2D eigenvalue weighted by Gasteiger charge is -2.04. The fourth-order valence-corrected chi connectivity index (χ4v) is 3.73. The normalized spacial score (nSPS) is 10.9. The molecule has 2 rings (SSSR count). The first kappa shape index (κ1) is 15.0. The van der Waals surface area contributed by atoms with Gasteiger partial charge in [0.15, 0.2) is 0 Å². The Balaban J connectivity index is 1.69. The van der Waals surface area contributed by atoms with E-state index in [1.54, 1.807) is 11.3 Å². The van der Waals surface area contributed by atoms with Gasteiger partial charge in [-0.2, -0.15) is 0 Å². The summed E-state index contributed by atoms with van der Waals surface area (Å²) in [5, 5.41) is 5.33. The van der Waals surface area contributed by atoms with Crippen LogP contribution in [0.1, 0.15) is 4.88 Å². The molecule has 6 heteroatoms. The van der Waals surface area contributed by atoms with Crippen LogP contribution < -0.4 is 5.32 Å². The second-order valence-electron chi connectivity index (χ2n) is 3.83. The molecule has 1 nitrogen and oxygen atoms in total. The Morgan fingerprint density at radius 3 is 2.79 bits per heavy atom. The van der Waals surface area contributed by atoms with E-state index in [-0.39, 0.29) is 0 Å². The van der Waals surface area contributed by atoms with Gasteiger partial charge in [-0.1, -0.05) is 0 Å². The van der Waals surface area contributed by atoms with Crippen molar-refractivity contribution in [3.05, 3.63) is 50.6 Å². The highest BCUT2D eigenvalue weighted by Gasteiger charge is 2.04. The number of halogens is 3. The fourth-order valence-electron chi connectivity index (χ4n) is 1.48. The zero-order valence-corrected chi connectivity index (χ0v) is 13.2. The van der Waals surface area contributed by atoms with Gasteiger partial charge in [-0.15, -0.1) is 23.1 Å². The molecule has 0 bridgehead atoms. The lowest BCUT2D eigenvalue weighted by atomic mass is 10.3. The second-order valence-corrected chi connectivity index (χ2v) is 6.88. The zero-order valence-electron chi connectivity index (χ0n) is 9.96. The fraction of sp³-hybridized carbons (Fsp3) is 0.231. The molecule has 19 heavy (non-hydrogen) atoms. The standard InChI is InChI=1S/C13H12BrF2NS2/c14-9-5-11(19-8-9)7-17-3-4-18-13-2-1-10(15)6-12(13)16/h1-2,5-6,8,17H,3-4,7H2. The Morgan fingerprint density at radius 1 is 1.26 bits per heavy atom. The van der Waals surface area contributed by atoms with Gasteiger partial charge in [0.05, 0.1) is 0 Å². The molecule has 2 aromatic rings. The van der Waals surface area contributed by atoms with Crippen LogP contribution in [0.25, 0.3) is 0 Å². The van der Waals surface area contributed by atoms with Crippen LogP contribution in [0.4, 0.5) is 8.78 Å². The molecule has 0 radical (unpaired) electrons. The minimum Gasteiger partial charge on any atom is -0.311 e.